The molecule has 0 aromatic heterocycles. The first-order chi connectivity index (χ1) is 8.06. The number of halogens is 1. The molecule has 0 saturated heterocycles. The summed E-state index contributed by atoms with van der Waals surface area (Å²) in [6.07, 6.45) is 0. The SMILES string of the molecule is COC(=O)C(Cl)CNC(=O)c1ccccc1O. The van der Waals surface area contributed by atoms with Crippen molar-refractivity contribution in [3.05, 3.63) is 29.8 Å². The van der Waals surface area contributed by atoms with E-state index in [-0.39, 0.29) is 17.9 Å². The zero-order valence-electron chi connectivity index (χ0n) is 9.14. The second-order valence-corrected chi connectivity index (χ2v) is 3.74. The fourth-order valence-electron chi connectivity index (χ4n) is 1.15. The van der Waals surface area contributed by atoms with Gasteiger partial charge < -0.3 is 15.2 Å². The van der Waals surface area contributed by atoms with Crippen LogP contribution in [0.15, 0.2) is 24.3 Å². The van der Waals surface area contributed by atoms with Gasteiger partial charge in [-0.2, -0.15) is 0 Å². The molecule has 1 aromatic rings. The van der Waals surface area contributed by atoms with Crippen LogP contribution in [0.5, 0.6) is 5.75 Å². The molecule has 0 aliphatic heterocycles. The van der Waals surface area contributed by atoms with Crippen molar-refractivity contribution in [1.29, 1.82) is 0 Å². The summed E-state index contributed by atoms with van der Waals surface area (Å²) in [6, 6.07) is 6.08. The van der Waals surface area contributed by atoms with Crippen molar-refractivity contribution in [2.75, 3.05) is 13.7 Å². The molecule has 0 radical (unpaired) electrons. The number of para-hydroxylation sites is 1. The Morgan fingerprint density at radius 3 is 2.71 bits per heavy atom. The van der Waals surface area contributed by atoms with Crippen molar-refractivity contribution in [2.45, 2.75) is 5.38 Å². The summed E-state index contributed by atoms with van der Waals surface area (Å²) >= 11 is 5.65. The average molecular weight is 258 g/mol. The Labute approximate surface area is 103 Å². The number of amides is 1. The predicted molar refractivity (Wildman–Crippen MR) is 62.1 cm³/mol. The molecule has 92 valence electrons. The zero-order chi connectivity index (χ0) is 12.8. The van der Waals surface area contributed by atoms with Crippen LogP contribution < -0.4 is 5.32 Å². The Hall–Kier alpha value is -1.75. The van der Waals surface area contributed by atoms with Gasteiger partial charge in [0.15, 0.2) is 0 Å². The number of ether oxygens (including phenoxy) is 1. The Bertz CT molecular complexity index is 422. The van der Waals surface area contributed by atoms with Gasteiger partial charge in [-0.25, -0.2) is 0 Å². The highest BCUT2D eigenvalue weighted by molar-refractivity contribution is 6.30. The van der Waals surface area contributed by atoms with Crippen LogP contribution in [-0.2, 0) is 9.53 Å². The van der Waals surface area contributed by atoms with E-state index in [2.05, 4.69) is 10.1 Å². The number of aromatic hydroxyl groups is 1. The van der Waals surface area contributed by atoms with E-state index in [4.69, 9.17) is 11.6 Å². The summed E-state index contributed by atoms with van der Waals surface area (Å²) in [5, 5.41) is 10.9. The molecule has 2 N–H and O–H groups in total. The summed E-state index contributed by atoms with van der Waals surface area (Å²) in [7, 11) is 1.21. The lowest BCUT2D eigenvalue weighted by atomic mass is 10.2. The minimum absolute atomic E-state index is 0.0681. The smallest absolute Gasteiger partial charge is 0.325 e. The average Bonchev–Trinajstić information content (AvgIpc) is 2.35. The van der Waals surface area contributed by atoms with Crippen molar-refractivity contribution in [3.63, 3.8) is 0 Å². The van der Waals surface area contributed by atoms with Crippen molar-refractivity contribution in [2.24, 2.45) is 0 Å². The number of hydrogen-bond donors (Lipinski definition) is 2. The highest BCUT2D eigenvalue weighted by Gasteiger charge is 2.17. The molecular weight excluding hydrogens is 246 g/mol. The molecule has 0 fully saturated rings. The van der Waals surface area contributed by atoms with Gasteiger partial charge in [0.1, 0.15) is 11.1 Å². The van der Waals surface area contributed by atoms with Gasteiger partial charge in [0.05, 0.1) is 12.7 Å². The van der Waals surface area contributed by atoms with Gasteiger partial charge in [-0.1, -0.05) is 12.1 Å². The molecule has 0 bridgehead atoms. The number of nitrogens with one attached hydrogen (secondary N) is 1. The molecule has 0 aliphatic carbocycles. The number of hydrogen-bond acceptors (Lipinski definition) is 4. The van der Waals surface area contributed by atoms with Crippen LogP contribution in [0.25, 0.3) is 0 Å². The molecule has 0 heterocycles. The molecule has 1 atom stereocenters. The van der Waals surface area contributed by atoms with Gasteiger partial charge in [-0.05, 0) is 12.1 Å². The number of methoxy groups -OCH3 is 1. The largest absolute Gasteiger partial charge is 0.507 e. The topological polar surface area (TPSA) is 75.6 Å². The second kappa shape index (κ2) is 6.10. The van der Waals surface area contributed by atoms with Crippen LogP contribution in [0.2, 0.25) is 0 Å². The van der Waals surface area contributed by atoms with Crippen molar-refractivity contribution in [1.82, 2.24) is 5.32 Å². The minimum Gasteiger partial charge on any atom is -0.507 e. The Morgan fingerprint density at radius 2 is 2.12 bits per heavy atom. The number of phenols is 1. The minimum atomic E-state index is -0.949. The van der Waals surface area contributed by atoms with E-state index in [0.29, 0.717) is 0 Å². The number of alkyl halides is 1. The molecule has 6 heteroatoms. The zero-order valence-corrected chi connectivity index (χ0v) is 9.90. The predicted octanol–water partition coefficient (Wildman–Crippen LogP) is 0.902. The van der Waals surface area contributed by atoms with Crippen LogP contribution in [0.3, 0.4) is 0 Å². The first-order valence-corrected chi connectivity index (χ1v) is 5.28. The molecule has 1 unspecified atom stereocenters. The lowest BCUT2D eigenvalue weighted by Crippen LogP contribution is -2.34. The van der Waals surface area contributed by atoms with Gasteiger partial charge in [0, 0.05) is 6.54 Å². The van der Waals surface area contributed by atoms with E-state index in [0.717, 1.165) is 0 Å². The third-order valence-electron chi connectivity index (χ3n) is 2.05. The fourth-order valence-corrected chi connectivity index (χ4v) is 1.32. The van der Waals surface area contributed by atoms with Crippen LogP contribution in [0.4, 0.5) is 0 Å². The highest BCUT2D eigenvalue weighted by Crippen LogP contribution is 2.15. The maximum Gasteiger partial charge on any atom is 0.325 e. The van der Waals surface area contributed by atoms with Gasteiger partial charge in [-0.3, -0.25) is 9.59 Å². The summed E-state index contributed by atoms with van der Waals surface area (Å²) in [6.45, 7) is -0.0681. The number of carbonyl (C=O) groups is 2. The van der Waals surface area contributed by atoms with Crippen molar-refractivity contribution >= 4 is 23.5 Å². The molecule has 5 nitrogen and oxygen atoms in total. The van der Waals surface area contributed by atoms with Gasteiger partial charge in [0.2, 0.25) is 0 Å². The Balaban J connectivity index is 2.57. The highest BCUT2D eigenvalue weighted by atomic mass is 35.5. The molecular formula is C11H12ClNO4. The monoisotopic (exact) mass is 257 g/mol. The number of esters is 1. The van der Waals surface area contributed by atoms with Crippen LogP contribution in [0.1, 0.15) is 10.4 Å². The number of phenolic OH excluding ortho intramolecular Hbond substituents is 1. The first kappa shape index (κ1) is 13.3. The third kappa shape index (κ3) is 3.64. The number of rotatable bonds is 4. The van der Waals surface area contributed by atoms with E-state index in [1.807, 2.05) is 0 Å². The van der Waals surface area contributed by atoms with Gasteiger partial charge >= 0.3 is 5.97 Å². The number of benzene rings is 1. The van der Waals surface area contributed by atoms with Crippen molar-refractivity contribution in [3.8, 4) is 5.75 Å². The van der Waals surface area contributed by atoms with E-state index in [9.17, 15) is 14.7 Å². The van der Waals surface area contributed by atoms with Crippen LogP contribution >= 0.6 is 11.6 Å². The van der Waals surface area contributed by atoms with E-state index >= 15 is 0 Å². The fraction of sp³-hybridized carbons (Fsp3) is 0.273. The van der Waals surface area contributed by atoms with Crippen LogP contribution in [-0.4, -0.2) is 36.0 Å². The third-order valence-corrected chi connectivity index (χ3v) is 2.38. The normalized spacial score (nSPS) is 11.6. The molecule has 1 aromatic carbocycles. The second-order valence-electron chi connectivity index (χ2n) is 3.22. The van der Waals surface area contributed by atoms with E-state index < -0.39 is 17.3 Å². The van der Waals surface area contributed by atoms with Crippen molar-refractivity contribution < 1.29 is 19.4 Å². The summed E-state index contributed by atoms with van der Waals surface area (Å²) in [5.74, 6) is -1.25. The molecule has 1 rings (SSSR count). The molecule has 0 saturated carbocycles. The maximum atomic E-state index is 11.6. The van der Waals surface area contributed by atoms with Gasteiger partial charge in [-0.15, -0.1) is 11.6 Å². The summed E-state index contributed by atoms with van der Waals surface area (Å²) in [5.41, 5.74) is 0.126. The molecule has 0 aliphatic rings. The maximum absolute atomic E-state index is 11.6. The Kier molecular flexibility index (Phi) is 4.78. The lowest BCUT2D eigenvalue weighted by Gasteiger charge is -2.09. The summed E-state index contributed by atoms with van der Waals surface area (Å²) < 4.78 is 4.40. The Morgan fingerprint density at radius 1 is 1.47 bits per heavy atom. The lowest BCUT2D eigenvalue weighted by molar-refractivity contribution is -0.140. The first-order valence-electron chi connectivity index (χ1n) is 4.84. The standard InChI is InChI=1S/C11H12ClNO4/c1-17-11(16)8(12)6-13-10(15)7-4-2-3-5-9(7)14/h2-5,8,14H,6H2,1H3,(H,13,15). The molecule has 0 spiro atoms. The van der Waals surface area contributed by atoms with Crippen LogP contribution in [0, 0.1) is 0 Å². The molecule has 1 amide bonds. The summed E-state index contributed by atoms with van der Waals surface area (Å²) in [4.78, 5) is 22.6. The van der Waals surface area contributed by atoms with E-state index in [1.165, 1.54) is 19.2 Å². The van der Waals surface area contributed by atoms with Gasteiger partial charge in [0.25, 0.3) is 5.91 Å². The van der Waals surface area contributed by atoms with E-state index in [1.54, 1.807) is 12.1 Å². The quantitative estimate of drug-likeness (QED) is 0.621. The number of carbonyl (C=O) groups excluding carboxylic acids is 2. The molecule has 17 heavy (non-hydrogen) atoms.